The third-order valence-corrected chi connectivity index (χ3v) is 4.27. The molecule has 1 unspecified atom stereocenters. The van der Waals surface area contributed by atoms with E-state index in [-0.39, 0.29) is 30.9 Å². The minimum atomic E-state index is -0.402. The Morgan fingerprint density at radius 3 is 3.00 bits per heavy atom. The number of rotatable bonds is 5. The Labute approximate surface area is 134 Å². The molecule has 4 nitrogen and oxygen atoms in total. The fourth-order valence-electron chi connectivity index (χ4n) is 2.48. The van der Waals surface area contributed by atoms with E-state index in [0.29, 0.717) is 23.4 Å². The summed E-state index contributed by atoms with van der Waals surface area (Å²) in [6, 6.07) is 4.07. The van der Waals surface area contributed by atoms with Crippen LogP contribution in [-0.2, 0) is 20.7 Å². The highest BCUT2D eigenvalue weighted by Gasteiger charge is 2.25. The molecule has 1 fully saturated rings. The number of likely N-dealkylation sites (N-methyl/N-ethyl adjacent to an activating group) is 1. The van der Waals surface area contributed by atoms with Gasteiger partial charge in [0.2, 0.25) is 5.91 Å². The standard InChI is InChI=1S/C16H19ClFNO3/c1-19-13(3-2-4-15(19)20)10-22-16(21)8-6-11-5-7-12(18)9-14(11)17/h5,7,9,13H,2-4,6,8,10H2,1H3. The Hall–Kier alpha value is -1.62. The Morgan fingerprint density at radius 1 is 1.50 bits per heavy atom. The van der Waals surface area contributed by atoms with Crippen molar-refractivity contribution >= 4 is 23.5 Å². The quantitative estimate of drug-likeness (QED) is 0.781. The molecule has 1 aromatic carbocycles. The van der Waals surface area contributed by atoms with Crippen molar-refractivity contribution < 1.29 is 18.7 Å². The summed E-state index contributed by atoms with van der Waals surface area (Å²) in [6.07, 6.45) is 2.81. The lowest BCUT2D eigenvalue weighted by molar-refractivity contribution is -0.149. The first-order valence-electron chi connectivity index (χ1n) is 7.32. The minimum Gasteiger partial charge on any atom is -0.463 e. The molecule has 1 saturated heterocycles. The minimum absolute atomic E-state index is 0.0420. The van der Waals surface area contributed by atoms with E-state index >= 15 is 0 Å². The van der Waals surface area contributed by atoms with Crippen molar-refractivity contribution in [3.05, 3.63) is 34.6 Å². The molecule has 0 aromatic heterocycles. The van der Waals surface area contributed by atoms with Crippen molar-refractivity contribution in [2.75, 3.05) is 13.7 Å². The molecule has 1 amide bonds. The molecule has 1 aliphatic heterocycles. The molecule has 1 aliphatic rings. The third kappa shape index (κ3) is 4.44. The van der Waals surface area contributed by atoms with Gasteiger partial charge in [0, 0.05) is 24.9 Å². The van der Waals surface area contributed by atoms with Crippen molar-refractivity contribution in [2.45, 2.75) is 38.1 Å². The highest BCUT2D eigenvalue weighted by molar-refractivity contribution is 6.31. The van der Waals surface area contributed by atoms with Gasteiger partial charge in [-0.05, 0) is 37.0 Å². The fourth-order valence-corrected chi connectivity index (χ4v) is 2.74. The van der Waals surface area contributed by atoms with Gasteiger partial charge in [0.25, 0.3) is 0 Å². The molecule has 120 valence electrons. The van der Waals surface area contributed by atoms with Gasteiger partial charge in [-0.1, -0.05) is 17.7 Å². The summed E-state index contributed by atoms with van der Waals surface area (Å²) in [5, 5.41) is 0.311. The van der Waals surface area contributed by atoms with Gasteiger partial charge in [0.05, 0.1) is 6.04 Å². The van der Waals surface area contributed by atoms with Crippen molar-refractivity contribution in [1.29, 1.82) is 0 Å². The monoisotopic (exact) mass is 327 g/mol. The van der Waals surface area contributed by atoms with Crippen LogP contribution in [0.15, 0.2) is 18.2 Å². The van der Waals surface area contributed by atoms with Crippen LogP contribution in [0.5, 0.6) is 0 Å². The number of ether oxygens (including phenoxy) is 1. The largest absolute Gasteiger partial charge is 0.463 e. The molecule has 0 aliphatic carbocycles. The predicted octanol–water partition coefficient (Wildman–Crippen LogP) is 2.97. The summed E-state index contributed by atoms with van der Waals surface area (Å²) in [4.78, 5) is 25.0. The van der Waals surface area contributed by atoms with Crippen LogP contribution in [0.4, 0.5) is 4.39 Å². The van der Waals surface area contributed by atoms with Crippen molar-refractivity contribution in [3.63, 3.8) is 0 Å². The second kappa shape index (κ2) is 7.58. The fraction of sp³-hybridized carbons (Fsp3) is 0.500. The number of carbonyl (C=O) groups is 2. The maximum Gasteiger partial charge on any atom is 0.306 e. The predicted molar refractivity (Wildman–Crippen MR) is 81.1 cm³/mol. The van der Waals surface area contributed by atoms with Gasteiger partial charge in [-0.25, -0.2) is 4.39 Å². The van der Waals surface area contributed by atoms with Crippen LogP contribution in [0.3, 0.4) is 0 Å². The number of aryl methyl sites for hydroxylation is 1. The van der Waals surface area contributed by atoms with Gasteiger partial charge >= 0.3 is 5.97 Å². The van der Waals surface area contributed by atoms with Gasteiger partial charge in [-0.15, -0.1) is 0 Å². The number of nitrogens with zero attached hydrogens (tertiary/aromatic N) is 1. The number of hydrogen-bond donors (Lipinski definition) is 0. The number of hydrogen-bond acceptors (Lipinski definition) is 3. The van der Waals surface area contributed by atoms with E-state index in [9.17, 15) is 14.0 Å². The van der Waals surface area contributed by atoms with E-state index in [1.807, 2.05) is 0 Å². The molecule has 6 heteroatoms. The van der Waals surface area contributed by atoms with E-state index in [1.54, 1.807) is 18.0 Å². The smallest absolute Gasteiger partial charge is 0.306 e. The highest BCUT2D eigenvalue weighted by Crippen LogP contribution is 2.19. The summed E-state index contributed by atoms with van der Waals surface area (Å²) in [7, 11) is 1.73. The van der Waals surface area contributed by atoms with Gasteiger partial charge in [-0.2, -0.15) is 0 Å². The summed E-state index contributed by atoms with van der Waals surface area (Å²) in [5.74, 6) is -0.654. The average Bonchev–Trinajstić information content (AvgIpc) is 2.48. The molecule has 0 N–H and O–H groups in total. The zero-order valence-electron chi connectivity index (χ0n) is 12.5. The van der Waals surface area contributed by atoms with Crippen molar-refractivity contribution in [2.24, 2.45) is 0 Å². The zero-order valence-corrected chi connectivity index (χ0v) is 13.2. The van der Waals surface area contributed by atoms with Gasteiger partial charge in [0.1, 0.15) is 12.4 Å². The van der Waals surface area contributed by atoms with Crippen molar-refractivity contribution in [3.8, 4) is 0 Å². The number of likely N-dealkylation sites (tertiary alicyclic amines) is 1. The lowest BCUT2D eigenvalue weighted by Crippen LogP contribution is -2.43. The molecule has 0 bridgehead atoms. The first-order valence-corrected chi connectivity index (χ1v) is 7.70. The highest BCUT2D eigenvalue weighted by atomic mass is 35.5. The lowest BCUT2D eigenvalue weighted by Gasteiger charge is -2.31. The molecule has 1 heterocycles. The molecule has 0 saturated carbocycles. The maximum atomic E-state index is 12.9. The molecular formula is C16H19ClFNO3. The van der Waals surface area contributed by atoms with E-state index in [0.717, 1.165) is 12.8 Å². The Morgan fingerprint density at radius 2 is 2.27 bits per heavy atom. The topological polar surface area (TPSA) is 46.6 Å². The number of amides is 1. The zero-order chi connectivity index (χ0) is 16.1. The van der Waals surface area contributed by atoms with E-state index in [4.69, 9.17) is 16.3 Å². The molecule has 2 rings (SSSR count). The van der Waals surface area contributed by atoms with Crippen LogP contribution in [0.25, 0.3) is 0 Å². The number of carbonyl (C=O) groups excluding carboxylic acids is 2. The number of halogens is 2. The first kappa shape index (κ1) is 16.7. The van der Waals surface area contributed by atoms with Crippen LogP contribution in [0, 0.1) is 5.82 Å². The normalized spacial score (nSPS) is 18.4. The van der Waals surface area contributed by atoms with Crippen LogP contribution in [0.2, 0.25) is 5.02 Å². The maximum absolute atomic E-state index is 12.9. The van der Waals surface area contributed by atoms with E-state index in [1.165, 1.54) is 12.1 Å². The summed E-state index contributed by atoms with van der Waals surface area (Å²) in [5.41, 5.74) is 0.713. The molecular weight excluding hydrogens is 309 g/mol. The lowest BCUT2D eigenvalue weighted by atomic mass is 10.0. The molecule has 1 aromatic rings. The van der Waals surface area contributed by atoms with Crippen LogP contribution < -0.4 is 0 Å². The van der Waals surface area contributed by atoms with Gasteiger partial charge in [0.15, 0.2) is 0 Å². The number of benzene rings is 1. The van der Waals surface area contributed by atoms with Crippen LogP contribution in [-0.4, -0.2) is 36.5 Å². The van der Waals surface area contributed by atoms with E-state index < -0.39 is 5.82 Å². The molecule has 0 radical (unpaired) electrons. The molecule has 22 heavy (non-hydrogen) atoms. The van der Waals surface area contributed by atoms with Crippen molar-refractivity contribution in [1.82, 2.24) is 4.90 Å². The number of esters is 1. The molecule has 0 spiro atoms. The molecule has 1 atom stereocenters. The average molecular weight is 328 g/mol. The van der Waals surface area contributed by atoms with Gasteiger partial charge < -0.3 is 9.64 Å². The SMILES string of the molecule is CN1C(=O)CCCC1COC(=O)CCc1ccc(F)cc1Cl. The number of piperidine rings is 1. The second-order valence-electron chi connectivity index (χ2n) is 5.47. The Balaban J connectivity index is 1.77. The summed E-state index contributed by atoms with van der Waals surface area (Å²) in [6.45, 7) is 0.220. The van der Waals surface area contributed by atoms with Crippen LogP contribution >= 0.6 is 11.6 Å². The Bertz CT molecular complexity index is 564. The first-order chi connectivity index (χ1) is 10.5. The van der Waals surface area contributed by atoms with E-state index in [2.05, 4.69) is 0 Å². The summed E-state index contributed by atoms with van der Waals surface area (Å²) < 4.78 is 18.2. The summed E-state index contributed by atoms with van der Waals surface area (Å²) >= 11 is 5.91. The second-order valence-corrected chi connectivity index (χ2v) is 5.88. The third-order valence-electron chi connectivity index (χ3n) is 3.92. The van der Waals surface area contributed by atoms with Gasteiger partial charge in [-0.3, -0.25) is 9.59 Å². The Kier molecular flexibility index (Phi) is 5.77. The van der Waals surface area contributed by atoms with Crippen LogP contribution in [0.1, 0.15) is 31.2 Å².